The number of nitro groups is 2. The number of carboxylic acid groups (broad SMARTS) is 1. The molecular formula is C101H100N14O28. The first kappa shape index (κ1) is 105. The molecule has 42 heteroatoms. The van der Waals surface area contributed by atoms with Crippen LogP contribution in [0, 0.1) is 20.2 Å². The number of nitrogen functional groups attached to an aromatic ring is 2. The number of ether oxygens (including phenoxy) is 10. The lowest BCUT2D eigenvalue weighted by atomic mass is 10.1. The van der Waals surface area contributed by atoms with Gasteiger partial charge in [-0.2, -0.15) is 0 Å². The number of nitrogens with one attached hydrogen (secondary N) is 2. The number of aliphatic carboxylic acids is 1. The fourth-order valence-corrected chi connectivity index (χ4v) is 14.7. The lowest BCUT2D eigenvalue weighted by Gasteiger charge is -2.35. The molecule has 0 aliphatic carbocycles. The number of amides is 7. The van der Waals surface area contributed by atoms with Crippen LogP contribution in [0.1, 0.15) is 86.4 Å². The van der Waals surface area contributed by atoms with E-state index < -0.39 is 52.2 Å². The number of non-ortho nitro benzene ring substituents is 2. The zero-order valence-electron chi connectivity index (χ0n) is 77.9. The number of carbonyl (C=O) groups is 13. The van der Waals surface area contributed by atoms with Crippen molar-refractivity contribution in [2.75, 3.05) is 133 Å². The number of nitrogens with zero attached hydrogens (tertiary/aromatic N) is 10. The summed E-state index contributed by atoms with van der Waals surface area (Å²) in [6.45, 7) is 1.40. The number of anilines is 10. The van der Waals surface area contributed by atoms with Gasteiger partial charge in [0.1, 0.15) is 70.9 Å². The van der Waals surface area contributed by atoms with Crippen molar-refractivity contribution in [3.8, 4) is 28.7 Å². The summed E-state index contributed by atoms with van der Waals surface area (Å²) >= 11 is 0. The molecule has 0 bridgehead atoms. The maximum absolute atomic E-state index is 13.4. The van der Waals surface area contributed by atoms with Crippen LogP contribution < -0.4 is 75.2 Å². The number of carbonyl (C=O) groups excluding carboxylic acids is 12. The monoisotopic (exact) mass is 1960 g/mol. The smallest absolute Gasteiger partial charge is 0.309 e. The molecule has 5 atom stereocenters. The summed E-state index contributed by atoms with van der Waals surface area (Å²) in [5.41, 5.74) is 17.6. The Kier molecular flexibility index (Phi) is 38.0. The maximum atomic E-state index is 13.4. The molecule has 5 unspecified atom stereocenters. The van der Waals surface area contributed by atoms with Crippen LogP contribution in [0.4, 0.5) is 68.5 Å². The summed E-state index contributed by atoms with van der Waals surface area (Å²) in [5.74, 6) is -1.04. The van der Waals surface area contributed by atoms with Crippen LogP contribution in [0.25, 0.3) is 0 Å². The minimum Gasteiger partial charge on any atom is -0.486 e. The number of esters is 5. The average Bonchev–Trinajstić information content (AvgIpc) is 0.780. The van der Waals surface area contributed by atoms with E-state index in [4.69, 9.17) is 54.5 Å². The Morgan fingerprint density at radius 2 is 0.713 bits per heavy atom. The van der Waals surface area contributed by atoms with Crippen molar-refractivity contribution in [2.24, 2.45) is 0 Å². The Balaban J connectivity index is 0.000000168. The highest BCUT2D eigenvalue weighted by Gasteiger charge is 2.38. The van der Waals surface area contributed by atoms with Gasteiger partial charge < -0.3 is 94.2 Å². The predicted molar refractivity (Wildman–Crippen MR) is 521 cm³/mol. The largest absolute Gasteiger partial charge is 0.486 e. The summed E-state index contributed by atoms with van der Waals surface area (Å²) in [5, 5.41) is 35.9. The standard InChI is InChI=1S/C27H26N4O6.C18H16N2O6.2C18H18N2O4.C11H12N2O5.C9H10N2O3/c1-36-26(34)16-21-17-31(27(35)19-7-3-2-4-8-19)22-15-20(10-11-23(22)37-21)29-25(33)12-14-30(18-32)24-9-5-6-13-28-24;1-25-17(21)10-14-11-19(18(22)12-5-3-2-4-6-12)15-9-13(20(23)24)7-8-16(15)26-14;2*1-23-17(21)10-14-11-20(18(22)12-5-3-2-4-6-12)15-9-13(19)7-8-16(15)24-14;1-17-11(14)5-8-6-12-9-4-7(13(15)16)2-3-10(9)18-8;12-7-11(6-4-9(13)14)8-3-1-2-5-10-8/h2-11,13,15,18,21H,12,14,16-17H2,1H3,(H,29,33);2-9,14H,10-11H2,1H3;2*2-9,14H,10-11,19H2,1H3;2-4,8,12H,5-6H2,1H3;1-3,5,7H,4,6H2,(H,13,14). The van der Waals surface area contributed by atoms with Gasteiger partial charge in [-0.1, -0.05) is 84.9 Å². The van der Waals surface area contributed by atoms with E-state index in [-0.39, 0.29) is 149 Å². The van der Waals surface area contributed by atoms with Crippen molar-refractivity contribution in [2.45, 2.75) is 75.5 Å². The molecule has 5 aliphatic rings. The minimum absolute atomic E-state index is 0.00346. The second-order valence-electron chi connectivity index (χ2n) is 31.5. The SMILES string of the molecule is COC(=O)CC1CN(C(=O)c2ccccc2)c2cc(N)ccc2O1.COC(=O)CC1CN(C(=O)c2ccccc2)c2cc(N)ccc2O1.COC(=O)CC1CN(C(=O)c2ccccc2)c2cc(NC(=O)CCN(C=O)c3ccccn3)ccc2O1.COC(=O)CC1CN(C(=O)c2ccccc2)c2cc([N+](=O)[O-])ccc2O1.COC(=O)CC1CNc2cc([N+](=O)[O-])ccc2O1.O=CN(CCC(=O)O)c1ccccn1. The molecule has 143 heavy (non-hydrogen) atoms. The van der Waals surface area contributed by atoms with E-state index >= 15 is 0 Å². The Morgan fingerprint density at radius 3 is 1.05 bits per heavy atom. The molecule has 16 rings (SSSR count). The van der Waals surface area contributed by atoms with Crippen molar-refractivity contribution in [3.05, 3.63) is 304 Å². The molecule has 742 valence electrons. The fourth-order valence-electron chi connectivity index (χ4n) is 14.7. The van der Waals surface area contributed by atoms with Crippen LogP contribution in [0.2, 0.25) is 0 Å². The minimum atomic E-state index is -0.937. The van der Waals surface area contributed by atoms with Gasteiger partial charge >= 0.3 is 35.8 Å². The van der Waals surface area contributed by atoms with Crippen LogP contribution in [-0.4, -0.2) is 215 Å². The predicted octanol–water partition coefficient (Wildman–Crippen LogP) is 11.9. The number of fused-ring (bicyclic) bond motifs is 5. The molecule has 9 aromatic carbocycles. The van der Waals surface area contributed by atoms with Gasteiger partial charge in [0.2, 0.25) is 18.7 Å². The van der Waals surface area contributed by atoms with Gasteiger partial charge in [0.25, 0.3) is 35.0 Å². The van der Waals surface area contributed by atoms with Crippen molar-refractivity contribution in [3.63, 3.8) is 0 Å². The van der Waals surface area contributed by atoms with Gasteiger partial charge in [-0.05, 0) is 140 Å². The van der Waals surface area contributed by atoms with Gasteiger partial charge in [-0.25, -0.2) is 9.97 Å². The number of methoxy groups -OCH3 is 5. The number of nitro benzene ring substituents is 2. The molecule has 7 amide bonds. The third-order valence-electron chi connectivity index (χ3n) is 21.7. The second-order valence-corrected chi connectivity index (χ2v) is 31.5. The van der Waals surface area contributed by atoms with E-state index in [0.29, 0.717) is 128 Å². The zero-order chi connectivity index (χ0) is 103. The number of rotatable bonds is 27. The van der Waals surface area contributed by atoms with Crippen molar-refractivity contribution in [1.82, 2.24) is 9.97 Å². The quantitative estimate of drug-likeness (QED) is 0.00797. The molecule has 7 N–H and O–H groups in total. The number of carboxylic acids is 1. The molecule has 42 nitrogen and oxygen atoms in total. The average molecular weight is 1960 g/mol. The summed E-state index contributed by atoms with van der Waals surface area (Å²) in [4.78, 5) is 192. The van der Waals surface area contributed by atoms with Crippen molar-refractivity contribution < 1.29 is 125 Å². The van der Waals surface area contributed by atoms with Crippen LogP contribution in [0.15, 0.2) is 261 Å². The number of pyridine rings is 2. The molecule has 0 saturated carbocycles. The first-order valence-corrected chi connectivity index (χ1v) is 44.1. The third-order valence-corrected chi connectivity index (χ3v) is 21.7. The number of aromatic nitrogens is 2. The van der Waals surface area contributed by atoms with Gasteiger partial charge in [0.05, 0.1) is 145 Å². The summed E-state index contributed by atoms with van der Waals surface area (Å²) in [6.07, 6.45) is 2.03. The molecular weight excluding hydrogens is 1860 g/mol. The Morgan fingerprint density at radius 1 is 0.406 bits per heavy atom. The number of benzene rings is 9. The van der Waals surface area contributed by atoms with Gasteiger partial charge in [-0.3, -0.25) is 92.4 Å². The van der Waals surface area contributed by atoms with Crippen LogP contribution in [-0.2, 0) is 66.8 Å². The summed E-state index contributed by atoms with van der Waals surface area (Å²) in [6, 6.07) is 69.0. The summed E-state index contributed by atoms with van der Waals surface area (Å²) in [7, 11) is 6.54. The first-order chi connectivity index (χ1) is 69.0. The Bertz CT molecular complexity index is 6210. The molecule has 0 saturated heterocycles. The molecule has 0 fully saturated rings. The molecule has 11 aromatic rings. The topological polar surface area (TPSA) is 542 Å². The van der Waals surface area contributed by atoms with E-state index in [0.717, 1.165) is 0 Å². The van der Waals surface area contributed by atoms with Gasteiger partial charge in [0, 0.05) is 95.5 Å². The highest BCUT2D eigenvalue weighted by Crippen LogP contribution is 2.43. The fraction of sp³-hybridized carbons (Fsp3) is 0.238. The number of hydrogen-bond acceptors (Lipinski definition) is 32. The first-order valence-electron chi connectivity index (χ1n) is 44.1. The van der Waals surface area contributed by atoms with Crippen molar-refractivity contribution >= 4 is 147 Å². The Labute approximate surface area is 818 Å². The molecule has 0 radical (unpaired) electrons. The number of hydrogen-bond donors (Lipinski definition) is 5. The lowest BCUT2D eigenvalue weighted by molar-refractivity contribution is -0.385. The Hall–Kier alpha value is -18.4. The zero-order valence-corrected chi connectivity index (χ0v) is 77.9. The highest BCUT2D eigenvalue weighted by molar-refractivity contribution is 6.10. The maximum Gasteiger partial charge on any atom is 0.309 e. The molecule has 2 aromatic heterocycles. The van der Waals surface area contributed by atoms with Crippen LogP contribution >= 0.6 is 0 Å². The highest BCUT2D eigenvalue weighted by atomic mass is 16.6. The second kappa shape index (κ2) is 51.7. The van der Waals surface area contributed by atoms with E-state index in [1.54, 1.807) is 216 Å². The van der Waals surface area contributed by atoms with E-state index in [1.807, 2.05) is 18.2 Å². The van der Waals surface area contributed by atoms with E-state index in [1.165, 1.54) is 91.5 Å². The molecule has 0 spiro atoms. The van der Waals surface area contributed by atoms with Crippen molar-refractivity contribution in [1.29, 1.82) is 0 Å². The van der Waals surface area contributed by atoms with Crippen LogP contribution in [0.5, 0.6) is 28.7 Å². The van der Waals surface area contributed by atoms with E-state index in [2.05, 4.69) is 30.1 Å². The lowest BCUT2D eigenvalue weighted by Crippen LogP contribution is -2.44. The van der Waals surface area contributed by atoms with E-state index in [9.17, 15) is 82.6 Å². The summed E-state index contributed by atoms with van der Waals surface area (Å²) < 4.78 is 52.3. The third kappa shape index (κ3) is 29.8. The van der Waals surface area contributed by atoms with Gasteiger partial charge in [0.15, 0.2) is 0 Å². The van der Waals surface area contributed by atoms with Gasteiger partial charge in [-0.15, -0.1) is 0 Å². The van der Waals surface area contributed by atoms with Crippen LogP contribution in [0.3, 0.4) is 0 Å². The molecule has 7 heterocycles. The molecule has 5 aliphatic heterocycles. The normalized spacial score (nSPS) is 14.9. The number of nitrogens with two attached hydrogens (primary N) is 2.